The van der Waals surface area contributed by atoms with Crippen LogP contribution in [0.25, 0.3) is 0 Å². The van der Waals surface area contributed by atoms with Crippen LogP contribution < -0.4 is 5.32 Å². The first-order valence-corrected chi connectivity index (χ1v) is 6.15. The predicted molar refractivity (Wildman–Crippen MR) is 70.0 cm³/mol. The Labute approximate surface area is 104 Å². The third-order valence-electron chi connectivity index (χ3n) is 3.36. The molecule has 0 atom stereocenters. The van der Waals surface area contributed by atoms with Gasteiger partial charge in [-0.2, -0.15) is 0 Å². The van der Waals surface area contributed by atoms with E-state index in [9.17, 15) is 4.79 Å². The molecule has 0 aliphatic carbocycles. The minimum absolute atomic E-state index is 0.0101. The number of rotatable bonds is 4. The van der Waals surface area contributed by atoms with E-state index in [4.69, 9.17) is 0 Å². The van der Waals surface area contributed by atoms with Gasteiger partial charge in [0.05, 0.1) is 0 Å². The number of carbonyl (C=O) groups is 1. The maximum atomic E-state index is 11.8. The standard InChI is InChI=1S/C13H23N3O/c1-6-16(7-2)13(17)14-9-12-8-10(3)15(5)11(12)4/h8H,6-7,9H2,1-5H3,(H,14,17). The number of hydrogen-bond acceptors (Lipinski definition) is 1. The van der Waals surface area contributed by atoms with E-state index in [0.29, 0.717) is 6.54 Å². The maximum absolute atomic E-state index is 11.8. The molecule has 17 heavy (non-hydrogen) atoms. The normalized spacial score (nSPS) is 10.4. The molecule has 1 aromatic heterocycles. The number of nitrogens with one attached hydrogen (secondary N) is 1. The van der Waals surface area contributed by atoms with E-state index in [1.807, 2.05) is 20.9 Å². The van der Waals surface area contributed by atoms with Gasteiger partial charge in [0.2, 0.25) is 0 Å². The molecule has 1 N–H and O–H groups in total. The van der Waals surface area contributed by atoms with Crippen molar-refractivity contribution in [2.24, 2.45) is 7.05 Å². The number of aryl methyl sites for hydroxylation is 1. The van der Waals surface area contributed by atoms with Gasteiger partial charge in [0.15, 0.2) is 0 Å². The fourth-order valence-electron chi connectivity index (χ4n) is 1.91. The third kappa shape index (κ3) is 3.02. The lowest BCUT2D eigenvalue weighted by Gasteiger charge is -2.19. The van der Waals surface area contributed by atoms with Gasteiger partial charge >= 0.3 is 6.03 Å². The topological polar surface area (TPSA) is 37.3 Å². The highest BCUT2D eigenvalue weighted by Gasteiger charge is 2.10. The van der Waals surface area contributed by atoms with Crippen molar-refractivity contribution in [3.8, 4) is 0 Å². The quantitative estimate of drug-likeness (QED) is 0.856. The summed E-state index contributed by atoms with van der Waals surface area (Å²) in [4.78, 5) is 13.6. The number of urea groups is 1. The summed E-state index contributed by atoms with van der Waals surface area (Å²) in [5, 5.41) is 2.96. The Kier molecular flexibility index (Phi) is 4.61. The fraction of sp³-hybridized carbons (Fsp3) is 0.615. The van der Waals surface area contributed by atoms with Gasteiger partial charge in [-0.1, -0.05) is 0 Å². The van der Waals surface area contributed by atoms with Crippen molar-refractivity contribution in [1.29, 1.82) is 0 Å². The molecule has 1 heterocycles. The van der Waals surface area contributed by atoms with Crippen LogP contribution in [-0.2, 0) is 13.6 Å². The number of amides is 2. The Morgan fingerprint density at radius 3 is 2.35 bits per heavy atom. The van der Waals surface area contributed by atoms with Crippen LogP contribution in [0.3, 0.4) is 0 Å². The SMILES string of the molecule is CCN(CC)C(=O)NCc1cc(C)n(C)c1C. The highest BCUT2D eigenvalue weighted by Crippen LogP contribution is 2.12. The summed E-state index contributed by atoms with van der Waals surface area (Å²) >= 11 is 0. The second-order valence-electron chi connectivity index (χ2n) is 4.29. The Morgan fingerprint density at radius 2 is 1.94 bits per heavy atom. The van der Waals surface area contributed by atoms with Gasteiger partial charge in [0, 0.05) is 38.1 Å². The molecule has 0 unspecified atom stereocenters. The Bertz CT molecular complexity index is 392. The monoisotopic (exact) mass is 237 g/mol. The first-order valence-electron chi connectivity index (χ1n) is 6.15. The Hall–Kier alpha value is -1.45. The molecule has 0 radical (unpaired) electrons. The molecule has 0 spiro atoms. The van der Waals surface area contributed by atoms with Crippen molar-refractivity contribution < 1.29 is 4.79 Å². The minimum Gasteiger partial charge on any atom is -0.352 e. The molecule has 1 rings (SSSR count). The van der Waals surface area contributed by atoms with Gasteiger partial charge in [-0.25, -0.2) is 4.79 Å². The maximum Gasteiger partial charge on any atom is 0.317 e. The molecular formula is C13H23N3O. The molecule has 2 amide bonds. The van der Waals surface area contributed by atoms with Crippen LogP contribution in [0.5, 0.6) is 0 Å². The first kappa shape index (κ1) is 13.6. The molecule has 96 valence electrons. The van der Waals surface area contributed by atoms with Crippen molar-refractivity contribution >= 4 is 6.03 Å². The Morgan fingerprint density at radius 1 is 1.35 bits per heavy atom. The summed E-state index contributed by atoms with van der Waals surface area (Å²) in [5.41, 5.74) is 3.61. The van der Waals surface area contributed by atoms with E-state index in [1.54, 1.807) is 4.90 Å². The predicted octanol–water partition coefficient (Wildman–Crippen LogP) is 2.19. The molecule has 1 aromatic rings. The number of nitrogens with zero attached hydrogens (tertiary/aromatic N) is 2. The highest BCUT2D eigenvalue weighted by molar-refractivity contribution is 5.74. The molecule has 0 fully saturated rings. The van der Waals surface area contributed by atoms with Crippen molar-refractivity contribution in [1.82, 2.24) is 14.8 Å². The second-order valence-corrected chi connectivity index (χ2v) is 4.29. The van der Waals surface area contributed by atoms with Gasteiger partial charge in [-0.15, -0.1) is 0 Å². The van der Waals surface area contributed by atoms with Crippen LogP contribution in [0.1, 0.15) is 30.8 Å². The zero-order chi connectivity index (χ0) is 13.0. The van der Waals surface area contributed by atoms with Crippen LogP contribution in [0, 0.1) is 13.8 Å². The summed E-state index contributed by atoms with van der Waals surface area (Å²) in [6.45, 7) is 10.2. The molecule has 4 heteroatoms. The Balaban J connectivity index is 2.61. The van der Waals surface area contributed by atoms with E-state index in [0.717, 1.165) is 13.1 Å². The lowest BCUT2D eigenvalue weighted by Crippen LogP contribution is -2.39. The highest BCUT2D eigenvalue weighted by atomic mass is 16.2. The molecule has 0 aliphatic heterocycles. The van der Waals surface area contributed by atoms with Gasteiger partial charge in [-0.05, 0) is 39.3 Å². The number of hydrogen-bond donors (Lipinski definition) is 1. The summed E-state index contributed by atoms with van der Waals surface area (Å²) in [6, 6.07) is 2.13. The molecule has 4 nitrogen and oxygen atoms in total. The summed E-state index contributed by atoms with van der Waals surface area (Å²) in [5.74, 6) is 0. The zero-order valence-corrected chi connectivity index (χ0v) is 11.5. The lowest BCUT2D eigenvalue weighted by molar-refractivity contribution is 0.203. The van der Waals surface area contributed by atoms with E-state index in [-0.39, 0.29) is 6.03 Å². The van der Waals surface area contributed by atoms with Gasteiger partial charge < -0.3 is 14.8 Å². The van der Waals surface area contributed by atoms with Crippen molar-refractivity contribution in [2.45, 2.75) is 34.2 Å². The molecule has 0 bridgehead atoms. The fourth-order valence-corrected chi connectivity index (χ4v) is 1.91. The van der Waals surface area contributed by atoms with E-state index in [2.05, 4.69) is 29.8 Å². The number of carbonyl (C=O) groups excluding carboxylic acids is 1. The average Bonchev–Trinajstić information content (AvgIpc) is 2.56. The molecular weight excluding hydrogens is 214 g/mol. The first-order chi connectivity index (χ1) is 8.01. The molecule has 0 aliphatic rings. The van der Waals surface area contributed by atoms with Crippen molar-refractivity contribution in [3.63, 3.8) is 0 Å². The second kappa shape index (κ2) is 5.75. The number of aromatic nitrogens is 1. The van der Waals surface area contributed by atoms with Gasteiger partial charge in [-0.3, -0.25) is 0 Å². The van der Waals surface area contributed by atoms with E-state index in [1.165, 1.54) is 17.0 Å². The molecule has 0 saturated heterocycles. The molecule has 0 aromatic carbocycles. The summed E-state index contributed by atoms with van der Waals surface area (Å²) in [6.07, 6.45) is 0. The van der Waals surface area contributed by atoms with Gasteiger partial charge in [0.25, 0.3) is 0 Å². The third-order valence-corrected chi connectivity index (χ3v) is 3.36. The van der Waals surface area contributed by atoms with E-state index < -0.39 is 0 Å². The average molecular weight is 237 g/mol. The largest absolute Gasteiger partial charge is 0.352 e. The minimum atomic E-state index is 0.0101. The van der Waals surface area contributed by atoms with Crippen LogP contribution in [-0.4, -0.2) is 28.6 Å². The summed E-state index contributed by atoms with van der Waals surface area (Å²) < 4.78 is 2.14. The van der Waals surface area contributed by atoms with Crippen molar-refractivity contribution in [3.05, 3.63) is 23.0 Å². The van der Waals surface area contributed by atoms with Crippen LogP contribution >= 0.6 is 0 Å². The molecule has 0 saturated carbocycles. The summed E-state index contributed by atoms with van der Waals surface area (Å²) in [7, 11) is 2.04. The van der Waals surface area contributed by atoms with Crippen molar-refractivity contribution in [2.75, 3.05) is 13.1 Å². The van der Waals surface area contributed by atoms with Crippen LogP contribution in [0.2, 0.25) is 0 Å². The zero-order valence-electron chi connectivity index (χ0n) is 11.5. The van der Waals surface area contributed by atoms with Crippen LogP contribution in [0.15, 0.2) is 6.07 Å². The van der Waals surface area contributed by atoms with Crippen LogP contribution in [0.4, 0.5) is 4.79 Å². The smallest absolute Gasteiger partial charge is 0.317 e. The van der Waals surface area contributed by atoms with E-state index >= 15 is 0 Å². The van der Waals surface area contributed by atoms with Gasteiger partial charge in [0.1, 0.15) is 0 Å². The lowest BCUT2D eigenvalue weighted by atomic mass is 10.2.